The standard InChI is InChI=1S/C22H16N2O4/c1-27-19-8-3-2-6-15(19)21-13-18(25)16-12-14(9-10-20(16)28-21)24-22(26)17-7-4-5-11-23-17/h2-13H,1H3,(H,24,26). The maximum Gasteiger partial charge on any atom is 0.274 e. The zero-order valence-electron chi connectivity index (χ0n) is 15.0. The maximum atomic E-state index is 12.7. The number of benzene rings is 2. The van der Waals surface area contributed by atoms with E-state index in [1.807, 2.05) is 18.2 Å². The van der Waals surface area contributed by atoms with E-state index < -0.39 is 0 Å². The molecule has 0 unspecified atom stereocenters. The summed E-state index contributed by atoms with van der Waals surface area (Å²) in [7, 11) is 1.56. The summed E-state index contributed by atoms with van der Waals surface area (Å²) in [6.45, 7) is 0. The highest BCUT2D eigenvalue weighted by atomic mass is 16.5. The average Bonchev–Trinajstić information content (AvgIpc) is 2.74. The molecular formula is C22H16N2O4. The molecule has 0 saturated carbocycles. The Morgan fingerprint density at radius 2 is 1.86 bits per heavy atom. The molecule has 0 aliphatic heterocycles. The molecule has 0 bridgehead atoms. The van der Waals surface area contributed by atoms with Gasteiger partial charge in [-0.2, -0.15) is 0 Å². The van der Waals surface area contributed by atoms with Crippen LogP contribution in [0.25, 0.3) is 22.3 Å². The summed E-state index contributed by atoms with van der Waals surface area (Å²) in [6, 6.07) is 18.7. The van der Waals surface area contributed by atoms with Gasteiger partial charge >= 0.3 is 0 Å². The van der Waals surface area contributed by atoms with E-state index in [0.717, 1.165) is 0 Å². The number of amides is 1. The van der Waals surface area contributed by atoms with Crippen LogP contribution in [0.15, 0.2) is 82.1 Å². The number of anilines is 1. The van der Waals surface area contributed by atoms with Crippen LogP contribution in [-0.4, -0.2) is 18.0 Å². The Morgan fingerprint density at radius 1 is 1.04 bits per heavy atom. The number of hydrogen-bond donors (Lipinski definition) is 1. The summed E-state index contributed by atoms with van der Waals surface area (Å²) >= 11 is 0. The van der Waals surface area contributed by atoms with Crippen LogP contribution in [0.5, 0.6) is 5.75 Å². The first-order valence-corrected chi connectivity index (χ1v) is 8.59. The number of carbonyl (C=O) groups excluding carboxylic acids is 1. The minimum Gasteiger partial charge on any atom is -0.496 e. The third-order valence-corrected chi connectivity index (χ3v) is 4.25. The first-order chi connectivity index (χ1) is 13.7. The van der Waals surface area contributed by atoms with Gasteiger partial charge in [0.2, 0.25) is 0 Å². The molecule has 28 heavy (non-hydrogen) atoms. The van der Waals surface area contributed by atoms with Gasteiger partial charge in [0.05, 0.1) is 18.1 Å². The van der Waals surface area contributed by atoms with Gasteiger partial charge in [0.15, 0.2) is 5.43 Å². The van der Waals surface area contributed by atoms with Gasteiger partial charge in [0, 0.05) is 18.0 Å². The van der Waals surface area contributed by atoms with Crippen molar-refractivity contribution in [1.82, 2.24) is 4.98 Å². The Hall–Kier alpha value is -3.93. The number of aromatic nitrogens is 1. The van der Waals surface area contributed by atoms with Crippen molar-refractivity contribution < 1.29 is 13.9 Å². The molecular weight excluding hydrogens is 356 g/mol. The van der Waals surface area contributed by atoms with Crippen LogP contribution in [0.4, 0.5) is 5.69 Å². The zero-order chi connectivity index (χ0) is 19.5. The molecule has 0 aliphatic rings. The molecule has 0 saturated heterocycles. The molecule has 2 aromatic heterocycles. The maximum absolute atomic E-state index is 12.7. The molecule has 1 N–H and O–H groups in total. The van der Waals surface area contributed by atoms with E-state index in [1.54, 1.807) is 55.8 Å². The molecule has 2 aromatic carbocycles. The monoisotopic (exact) mass is 372 g/mol. The van der Waals surface area contributed by atoms with Crippen molar-refractivity contribution in [3.63, 3.8) is 0 Å². The normalized spacial score (nSPS) is 10.6. The molecule has 6 nitrogen and oxygen atoms in total. The molecule has 0 fully saturated rings. The molecule has 2 heterocycles. The van der Waals surface area contributed by atoms with Crippen molar-refractivity contribution in [1.29, 1.82) is 0 Å². The van der Waals surface area contributed by atoms with Crippen molar-refractivity contribution in [2.75, 3.05) is 12.4 Å². The second-order valence-corrected chi connectivity index (χ2v) is 6.06. The van der Waals surface area contributed by atoms with Gasteiger partial charge in [-0.05, 0) is 42.5 Å². The highest BCUT2D eigenvalue weighted by molar-refractivity contribution is 6.03. The van der Waals surface area contributed by atoms with Crippen LogP contribution in [-0.2, 0) is 0 Å². The zero-order valence-corrected chi connectivity index (χ0v) is 15.0. The summed E-state index contributed by atoms with van der Waals surface area (Å²) < 4.78 is 11.3. The van der Waals surface area contributed by atoms with E-state index >= 15 is 0 Å². The lowest BCUT2D eigenvalue weighted by molar-refractivity contribution is 0.102. The summed E-state index contributed by atoms with van der Waals surface area (Å²) in [6.07, 6.45) is 1.54. The van der Waals surface area contributed by atoms with E-state index in [4.69, 9.17) is 9.15 Å². The van der Waals surface area contributed by atoms with Gasteiger partial charge in [-0.25, -0.2) is 0 Å². The first-order valence-electron chi connectivity index (χ1n) is 8.59. The smallest absolute Gasteiger partial charge is 0.274 e. The predicted octanol–water partition coefficient (Wildman–Crippen LogP) is 4.12. The number of nitrogens with zero attached hydrogens (tertiary/aromatic N) is 1. The SMILES string of the molecule is COc1ccccc1-c1cc(=O)c2cc(NC(=O)c3ccccn3)ccc2o1. The van der Waals surface area contributed by atoms with Crippen molar-refractivity contribution in [2.45, 2.75) is 0 Å². The number of hydrogen-bond acceptors (Lipinski definition) is 5. The van der Waals surface area contributed by atoms with E-state index in [1.165, 1.54) is 6.07 Å². The lowest BCUT2D eigenvalue weighted by atomic mass is 10.1. The fourth-order valence-electron chi connectivity index (χ4n) is 2.91. The number of para-hydroxylation sites is 1. The van der Waals surface area contributed by atoms with E-state index in [0.29, 0.717) is 39.4 Å². The molecule has 0 atom stereocenters. The quantitative estimate of drug-likeness (QED) is 0.583. The molecule has 0 spiro atoms. The number of ether oxygens (including phenoxy) is 1. The average molecular weight is 372 g/mol. The first kappa shape index (κ1) is 17.5. The second-order valence-electron chi connectivity index (χ2n) is 6.06. The fourth-order valence-corrected chi connectivity index (χ4v) is 2.91. The largest absolute Gasteiger partial charge is 0.496 e. The molecule has 0 radical (unpaired) electrons. The number of nitrogens with one attached hydrogen (secondary N) is 1. The Balaban J connectivity index is 1.71. The van der Waals surface area contributed by atoms with Crippen molar-refractivity contribution >= 4 is 22.6 Å². The highest BCUT2D eigenvalue weighted by Gasteiger charge is 2.13. The lowest BCUT2D eigenvalue weighted by Gasteiger charge is -2.09. The van der Waals surface area contributed by atoms with Crippen molar-refractivity contribution in [2.24, 2.45) is 0 Å². The number of fused-ring (bicyclic) bond motifs is 1. The molecule has 6 heteroatoms. The van der Waals surface area contributed by atoms with Gasteiger partial charge in [-0.1, -0.05) is 18.2 Å². The van der Waals surface area contributed by atoms with Gasteiger partial charge in [-0.15, -0.1) is 0 Å². The predicted molar refractivity (Wildman–Crippen MR) is 107 cm³/mol. The molecule has 4 rings (SSSR count). The highest BCUT2D eigenvalue weighted by Crippen LogP contribution is 2.30. The fraction of sp³-hybridized carbons (Fsp3) is 0.0455. The Bertz CT molecular complexity index is 1220. The Labute approximate surface area is 160 Å². The van der Waals surface area contributed by atoms with Gasteiger partial charge < -0.3 is 14.5 Å². The molecule has 138 valence electrons. The topological polar surface area (TPSA) is 81.4 Å². The van der Waals surface area contributed by atoms with Crippen LogP contribution in [0.2, 0.25) is 0 Å². The van der Waals surface area contributed by atoms with Gasteiger partial charge in [0.1, 0.15) is 22.8 Å². The van der Waals surface area contributed by atoms with E-state index in [2.05, 4.69) is 10.3 Å². The molecule has 4 aromatic rings. The van der Waals surface area contributed by atoms with E-state index in [9.17, 15) is 9.59 Å². The summed E-state index contributed by atoms with van der Waals surface area (Å²) in [5.41, 5.74) is 1.68. The Kier molecular flexibility index (Phi) is 4.60. The van der Waals surface area contributed by atoms with Crippen LogP contribution >= 0.6 is 0 Å². The van der Waals surface area contributed by atoms with Crippen LogP contribution < -0.4 is 15.5 Å². The van der Waals surface area contributed by atoms with Gasteiger partial charge in [0.25, 0.3) is 5.91 Å². The summed E-state index contributed by atoms with van der Waals surface area (Å²) in [5, 5.41) is 3.11. The number of carbonyl (C=O) groups is 1. The third-order valence-electron chi connectivity index (χ3n) is 4.25. The van der Waals surface area contributed by atoms with Crippen LogP contribution in [0.1, 0.15) is 10.5 Å². The minimum atomic E-state index is -0.352. The second kappa shape index (κ2) is 7.36. The molecule has 1 amide bonds. The lowest BCUT2D eigenvalue weighted by Crippen LogP contribution is -2.13. The Morgan fingerprint density at radius 3 is 2.64 bits per heavy atom. The van der Waals surface area contributed by atoms with Crippen molar-refractivity contribution in [3.05, 3.63) is 88.8 Å². The van der Waals surface area contributed by atoms with Crippen LogP contribution in [0.3, 0.4) is 0 Å². The third kappa shape index (κ3) is 3.35. The van der Waals surface area contributed by atoms with Crippen LogP contribution in [0, 0.1) is 0 Å². The molecule has 0 aliphatic carbocycles. The van der Waals surface area contributed by atoms with Crippen molar-refractivity contribution in [3.8, 4) is 17.1 Å². The van der Waals surface area contributed by atoms with E-state index in [-0.39, 0.29) is 11.3 Å². The summed E-state index contributed by atoms with van der Waals surface area (Å²) in [5.74, 6) is 0.680. The summed E-state index contributed by atoms with van der Waals surface area (Å²) in [4.78, 5) is 28.9. The minimum absolute atomic E-state index is 0.212. The number of rotatable bonds is 4. The number of methoxy groups -OCH3 is 1. The van der Waals surface area contributed by atoms with Gasteiger partial charge in [-0.3, -0.25) is 14.6 Å². The number of pyridine rings is 1.